The average Bonchev–Trinajstić information content (AvgIpc) is 2.82. The molecule has 18 heavy (non-hydrogen) atoms. The van der Waals surface area contributed by atoms with E-state index in [4.69, 9.17) is 4.74 Å². The van der Waals surface area contributed by atoms with E-state index in [9.17, 15) is 9.59 Å². The van der Waals surface area contributed by atoms with E-state index in [1.165, 1.54) is 11.8 Å². The van der Waals surface area contributed by atoms with Crippen LogP contribution in [-0.2, 0) is 14.3 Å². The summed E-state index contributed by atoms with van der Waals surface area (Å²) in [6, 6.07) is 0. The first-order valence-corrected chi connectivity index (χ1v) is 7.67. The van der Waals surface area contributed by atoms with E-state index >= 15 is 0 Å². The Balaban J connectivity index is 2.48. The quantitative estimate of drug-likeness (QED) is 0.694. The van der Waals surface area contributed by atoms with Crippen LogP contribution >= 0.6 is 11.8 Å². The minimum Gasteiger partial charge on any atom is -0.465 e. The van der Waals surface area contributed by atoms with Gasteiger partial charge in [-0.05, 0) is 25.7 Å². The maximum atomic E-state index is 12.3. The van der Waals surface area contributed by atoms with Crippen LogP contribution in [0.1, 0.15) is 33.6 Å². The van der Waals surface area contributed by atoms with Crippen LogP contribution in [0.5, 0.6) is 0 Å². The second-order valence-electron chi connectivity index (χ2n) is 4.81. The van der Waals surface area contributed by atoms with E-state index in [-0.39, 0.29) is 28.8 Å². The normalized spacial score (nSPS) is 17.0. The molecule has 0 radical (unpaired) electrons. The molecule has 5 heteroatoms. The van der Waals surface area contributed by atoms with E-state index in [2.05, 4.69) is 0 Å². The summed E-state index contributed by atoms with van der Waals surface area (Å²) in [5, 5.41) is -0.132. The molecule has 1 unspecified atom stereocenters. The number of rotatable bonds is 6. The monoisotopic (exact) mass is 273 g/mol. The van der Waals surface area contributed by atoms with Gasteiger partial charge in [0.05, 0.1) is 17.6 Å². The van der Waals surface area contributed by atoms with Gasteiger partial charge in [-0.1, -0.05) is 13.8 Å². The van der Waals surface area contributed by atoms with Crippen LogP contribution in [-0.4, -0.2) is 47.5 Å². The zero-order valence-corrected chi connectivity index (χ0v) is 12.3. The van der Waals surface area contributed by atoms with Crippen LogP contribution in [0, 0.1) is 5.92 Å². The number of amides is 1. The van der Waals surface area contributed by atoms with Crippen LogP contribution in [0.4, 0.5) is 0 Å². The number of hydrogen-bond donors (Lipinski definition) is 0. The van der Waals surface area contributed by atoms with E-state index < -0.39 is 0 Å². The third-order valence-electron chi connectivity index (χ3n) is 2.95. The Kier molecular flexibility index (Phi) is 6.54. The summed E-state index contributed by atoms with van der Waals surface area (Å²) in [4.78, 5) is 25.6. The van der Waals surface area contributed by atoms with Gasteiger partial charge in [-0.3, -0.25) is 9.59 Å². The van der Waals surface area contributed by atoms with Crippen molar-refractivity contribution >= 4 is 23.6 Å². The number of nitrogens with zero attached hydrogens (tertiary/aromatic N) is 1. The lowest BCUT2D eigenvalue weighted by atomic mass is 10.1. The van der Waals surface area contributed by atoms with E-state index in [1.807, 2.05) is 18.7 Å². The van der Waals surface area contributed by atoms with Crippen molar-refractivity contribution < 1.29 is 14.3 Å². The lowest BCUT2D eigenvalue weighted by molar-refractivity contribution is -0.139. The highest BCUT2D eigenvalue weighted by atomic mass is 32.2. The summed E-state index contributed by atoms with van der Waals surface area (Å²) < 4.78 is 4.89. The topological polar surface area (TPSA) is 46.6 Å². The molecule has 0 N–H and O–H groups in total. The van der Waals surface area contributed by atoms with E-state index in [0.29, 0.717) is 6.61 Å². The summed E-state index contributed by atoms with van der Waals surface area (Å²) >= 11 is 1.41. The van der Waals surface area contributed by atoms with Gasteiger partial charge in [-0.2, -0.15) is 0 Å². The Morgan fingerprint density at radius 1 is 1.28 bits per heavy atom. The van der Waals surface area contributed by atoms with Crippen molar-refractivity contribution in [3.05, 3.63) is 0 Å². The zero-order chi connectivity index (χ0) is 13.5. The molecule has 0 aromatic carbocycles. The molecule has 1 fully saturated rings. The molecule has 0 saturated carbocycles. The fourth-order valence-corrected chi connectivity index (χ4v) is 3.10. The number of thioether (sulfide) groups is 1. The molecule has 1 rings (SSSR count). The number of esters is 1. The number of carbonyl (C=O) groups is 2. The SMILES string of the molecule is CCOC(=O)CSC(C(=O)N1CCCC1)C(C)C. The molecule has 0 spiro atoms. The Labute approximate surface area is 113 Å². The van der Waals surface area contributed by atoms with Gasteiger partial charge < -0.3 is 9.64 Å². The highest BCUT2D eigenvalue weighted by Gasteiger charge is 2.29. The summed E-state index contributed by atoms with van der Waals surface area (Å²) in [6.45, 7) is 7.96. The molecule has 1 aliphatic rings. The van der Waals surface area contributed by atoms with Gasteiger partial charge in [0.2, 0.25) is 5.91 Å². The maximum absolute atomic E-state index is 12.3. The number of likely N-dealkylation sites (tertiary alicyclic amines) is 1. The Bertz CT molecular complexity index is 288. The maximum Gasteiger partial charge on any atom is 0.315 e. The second-order valence-corrected chi connectivity index (χ2v) is 5.94. The summed E-state index contributed by atoms with van der Waals surface area (Å²) in [5.41, 5.74) is 0. The molecule has 1 heterocycles. The van der Waals surface area contributed by atoms with Crippen molar-refractivity contribution in [1.82, 2.24) is 4.90 Å². The van der Waals surface area contributed by atoms with Crippen molar-refractivity contribution in [3.63, 3.8) is 0 Å². The van der Waals surface area contributed by atoms with Gasteiger partial charge in [-0.15, -0.1) is 11.8 Å². The summed E-state index contributed by atoms with van der Waals surface area (Å²) in [6.07, 6.45) is 2.19. The fourth-order valence-electron chi connectivity index (χ4n) is 2.03. The highest BCUT2D eigenvalue weighted by molar-refractivity contribution is 8.01. The first-order chi connectivity index (χ1) is 8.56. The molecule has 1 amide bonds. The van der Waals surface area contributed by atoms with Gasteiger partial charge in [0.1, 0.15) is 0 Å². The van der Waals surface area contributed by atoms with Gasteiger partial charge in [0, 0.05) is 13.1 Å². The van der Waals surface area contributed by atoms with Crippen LogP contribution in [0.3, 0.4) is 0 Å². The van der Waals surface area contributed by atoms with Gasteiger partial charge in [-0.25, -0.2) is 0 Å². The minimum absolute atomic E-state index is 0.132. The predicted octanol–water partition coefficient (Wildman–Crippen LogP) is 1.93. The molecule has 104 valence electrons. The van der Waals surface area contributed by atoms with Gasteiger partial charge >= 0.3 is 5.97 Å². The first kappa shape index (κ1) is 15.3. The molecule has 1 aliphatic heterocycles. The largest absolute Gasteiger partial charge is 0.465 e. The third kappa shape index (κ3) is 4.52. The van der Waals surface area contributed by atoms with E-state index in [1.54, 1.807) is 6.92 Å². The predicted molar refractivity (Wildman–Crippen MR) is 73.5 cm³/mol. The van der Waals surface area contributed by atoms with Crippen molar-refractivity contribution in [2.75, 3.05) is 25.4 Å². The fraction of sp³-hybridized carbons (Fsp3) is 0.846. The van der Waals surface area contributed by atoms with Crippen molar-refractivity contribution in [1.29, 1.82) is 0 Å². The van der Waals surface area contributed by atoms with Gasteiger partial charge in [0.25, 0.3) is 0 Å². The lowest BCUT2D eigenvalue weighted by Crippen LogP contribution is -2.38. The van der Waals surface area contributed by atoms with Crippen LogP contribution in [0.2, 0.25) is 0 Å². The Morgan fingerprint density at radius 3 is 2.39 bits per heavy atom. The number of hydrogen-bond acceptors (Lipinski definition) is 4. The highest BCUT2D eigenvalue weighted by Crippen LogP contribution is 2.24. The lowest BCUT2D eigenvalue weighted by Gasteiger charge is -2.25. The third-order valence-corrected chi connectivity index (χ3v) is 4.46. The van der Waals surface area contributed by atoms with Crippen molar-refractivity contribution in [2.45, 2.75) is 38.9 Å². The zero-order valence-electron chi connectivity index (χ0n) is 11.5. The second kappa shape index (κ2) is 7.67. The molecule has 0 bridgehead atoms. The molecular formula is C13H23NO3S. The molecule has 0 aromatic heterocycles. The Morgan fingerprint density at radius 2 is 1.89 bits per heavy atom. The van der Waals surface area contributed by atoms with Crippen molar-refractivity contribution in [3.8, 4) is 0 Å². The van der Waals surface area contributed by atoms with Crippen LogP contribution < -0.4 is 0 Å². The number of ether oxygens (including phenoxy) is 1. The average molecular weight is 273 g/mol. The Hall–Kier alpha value is -0.710. The summed E-state index contributed by atoms with van der Waals surface area (Å²) in [7, 11) is 0. The molecular weight excluding hydrogens is 250 g/mol. The molecule has 1 atom stereocenters. The smallest absolute Gasteiger partial charge is 0.315 e. The van der Waals surface area contributed by atoms with E-state index in [0.717, 1.165) is 25.9 Å². The summed E-state index contributed by atoms with van der Waals surface area (Å²) in [5.74, 6) is 0.438. The van der Waals surface area contributed by atoms with Gasteiger partial charge in [0.15, 0.2) is 0 Å². The molecule has 0 aliphatic carbocycles. The number of carbonyl (C=O) groups excluding carboxylic acids is 2. The first-order valence-electron chi connectivity index (χ1n) is 6.62. The molecule has 1 saturated heterocycles. The van der Waals surface area contributed by atoms with Crippen LogP contribution in [0.15, 0.2) is 0 Å². The standard InChI is InChI=1S/C13H23NO3S/c1-4-17-11(15)9-18-12(10(2)3)13(16)14-7-5-6-8-14/h10,12H,4-9H2,1-3H3. The minimum atomic E-state index is -0.234. The molecule has 0 aromatic rings. The van der Waals surface area contributed by atoms with Crippen LogP contribution in [0.25, 0.3) is 0 Å². The molecule has 4 nitrogen and oxygen atoms in total. The van der Waals surface area contributed by atoms with Crippen molar-refractivity contribution in [2.24, 2.45) is 5.92 Å².